The molecule has 25 heavy (non-hydrogen) atoms. The Kier molecular flexibility index (Phi) is 5.85. The van der Waals surface area contributed by atoms with E-state index < -0.39 is 0 Å². The van der Waals surface area contributed by atoms with Crippen LogP contribution in [-0.2, 0) is 24.1 Å². The van der Waals surface area contributed by atoms with Crippen molar-refractivity contribution in [1.29, 1.82) is 0 Å². The van der Waals surface area contributed by atoms with E-state index in [1.807, 2.05) is 12.1 Å². The number of hydrogen-bond donors (Lipinski definition) is 2. The molecular weight excluding hydrogens is 316 g/mol. The zero-order chi connectivity index (χ0) is 17.5. The van der Waals surface area contributed by atoms with Crippen LogP contribution in [0.5, 0.6) is 5.88 Å². The molecule has 3 N–H and O–H groups in total. The molecule has 6 heteroatoms. The number of aromatic nitrogens is 1. The van der Waals surface area contributed by atoms with Gasteiger partial charge in [0.05, 0.1) is 13.2 Å². The third kappa shape index (κ3) is 4.70. The van der Waals surface area contributed by atoms with Crippen molar-refractivity contribution in [3.8, 4) is 5.88 Å². The van der Waals surface area contributed by atoms with Gasteiger partial charge in [0.15, 0.2) is 5.96 Å². The summed E-state index contributed by atoms with van der Waals surface area (Å²) in [5.74, 6) is 0.943. The molecule has 0 bridgehead atoms. The highest BCUT2D eigenvalue weighted by Gasteiger charge is 2.11. The monoisotopic (exact) mass is 340 g/mol. The number of aryl methyl sites for hydroxylation is 2. The molecule has 0 fully saturated rings. The van der Waals surface area contributed by atoms with Crippen molar-refractivity contribution < 1.29 is 9.47 Å². The second-order valence-corrected chi connectivity index (χ2v) is 5.97. The van der Waals surface area contributed by atoms with Gasteiger partial charge in [-0.2, -0.15) is 0 Å². The molecule has 1 aromatic heterocycles. The van der Waals surface area contributed by atoms with Crippen LogP contribution in [0.15, 0.2) is 41.5 Å². The first-order chi connectivity index (χ1) is 12.3. The van der Waals surface area contributed by atoms with Crippen LogP contribution in [-0.4, -0.2) is 31.3 Å². The Morgan fingerprint density at radius 1 is 1.24 bits per heavy atom. The maximum atomic E-state index is 6.03. The Balaban J connectivity index is 1.61. The molecule has 0 radical (unpaired) electrons. The quantitative estimate of drug-likeness (QED) is 0.460. The van der Waals surface area contributed by atoms with Gasteiger partial charge in [-0.05, 0) is 48.6 Å². The number of guanidine groups is 1. The van der Waals surface area contributed by atoms with Gasteiger partial charge >= 0.3 is 0 Å². The summed E-state index contributed by atoms with van der Waals surface area (Å²) >= 11 is 0. The molecule has 1 heterocycles. The van der Waals surface area contributed by atoms with E-state index in [2.05, 4.69) is 33.5 Å². The lowest BCUT2D eigenvalue weighted by Gasteiger charge is -2.10. The average molecular weight is 340 g/mol. The lowest BCUT2D eigenvalue weighted by Crippen LogP contribution is -2.22. The SMILES string of the molecule is COCCOc1ncccc1CN=C(N)Nc1ccc2c(c1)CCC2. The number of fused-ring (bicyclic) bond motifs is 1. The second kappa shape index (κ2) is 8.48. The molecule has 2 aromatic rings. The number of ether oxygens (including phenoxy) is 2. The fraction of sp³-hybridized carbons (Fsp3) is 0.368. The summed E-state index contributed by atoms with van der Waals surface area (Å²) in [6, 6.07) is 10.2. The number of methoxy groups -OCH3 is 1. The van der Waals surface area contributed by atoms with E-state index in [9.17, 15) is 0 Å². The van der Waals surface area contributed by atoms with Crippen molar-refractivity contribution in [3.63, 3.8) is 0 Å². The van der Waals surface area contributed by atoms with Gasteiger partial charge in [0, 0.05) is 24.6 Å². The van der Waals surface area contributed by atoms with Gasteiger partial charge in [0.2, 0.25) is 5.88 Å². The molecule has 0 saturated heterocycles. The maximum absolute atomic E-state index is 6.03. The highest BCUT2D eigenvalue weighted by atomic mass is 16.5. The molecule has 0 amide bonds. The summed E-state index contributed by atoms with van der Waals surface area (Å²) in [4.78, 5) is 8.65. The summed E-state index contributed by atoms with van der Waals surface area (Å²) in [5.41, 5.74) is 10.7. The van der Waals surface area contributed by atoms with Gasteiger partial charge in [0.25, 0.3) is 0 Å². The zero-order valence-corrected chi connectivity index (χ0v) is 14.5. The highest BCUT2D eigenvalue weighted by molar-refractivity contribution is 5.92. The van der Waals surface area contributed by atoms with Crippen LogP contribution in [0.1, 0.15) is 23.1 Å². The zero-order valence-electron chi connectivity index (χ0n) is 14.5. The third-order valence-corrected chi connectivity index (χ3v) is 4.17. The molecular formula is C19H24N4O2. The topological polar surface area (TPSA) is 81.8 Å². The van der Waals surface area contributed by atoms with Gasteiger partial charge < -0.3 is 20.5 Å². The number of aliphatic imine (C=N–C) groups is 1. The van der Waals surface area contributed by atoms with E-state index in [0.717, 1.165) is 17.7 Å². The van der Waals surface area contributed by atoms with Crippen LogP contribution in [0.3, 0.4) is 0 Å². The summed E-state index contributed by atoms with van der Waals surface area (Å²) in [6.07, 6.45) is 5.24. The first kappa shape index (κ1) is 17.2. The van der Waals surface area contributed by atoms with E-state index in [1.165, 1.54) is 24.0 Å². The number of anilines is 1. The Morgan fingerprint density at radius 3 is 3.00 bits per heavy atom. The first-order valence-corrected chi connectivity index (χ1v) is 8.50. The van der Waals surface area contributed by atoms with Crippen LogP contribution >= 0.6 is 0 Å². The lowest BCUT2D eigenvalue weighted by molar-refractivity contribution is 0.143. The van der Waals surface area contributed by atoms with Crippen LogP contribution in [0, 0.1) is 0 Å². The fourth-order valence-corrected chi connectivity index (χ4v) is 2.90. The highest BCUT2D eigenvalue weighted by Crippen LogP contribution is 2.24. The molecule has 0 unspecified atom stereocenters. The summed E-state index contributed by atoms with van der Waals surface area (Å²) < 4.78 is 10.6. The maximum Gasteiger partial charge on any atom is 0.218 e. The molecule has 0 spiro atoms. The van der Waals surface area contributed by atoms with Crippen LogP contribution in [0.4, 0.5) is 5.69 Å². The summed E-state index contributed by atoms with van der Waals surface area (Å²) in [7, 11) is 1.64. The van der Waals surface area contributed by atoms with Crippen LogP contribution in [0.2, 0.25) is 0 Å². The Bertz CT molecular complexity index is 746. The molecule has 0 atom stereocenters. The third-order valence-electron chi connectivity index (χ3n) is 4.17. The van der Waals surface area contributed by atoms with Gasteiger partial charge in [-0.3, -0.25) is 0 Å². The first-order valence-electron chi connectivity index (χ1n) is 8.50. The second-order valence-electron chi connectivity index (χ2n) is 5.97. The fourth-order valence-electron chi connectivity index (χ4n) is 2.90. The number of nitrogens with zero attached hydrogens (tertiary/aromatic N) is 2. The van der Waals surface area contributed by atoms with Crippen molar-refractivity contribution in [1.82, 2.24) is 4.98 Å². The number of nitrogens with two attached hydrogens (primary N) is 1. The predicted molar refractivity (Wildman–Crippen MR) is 99.0 cm³/mol. The van der Waals surface area contributed by atoms with Gasteiger partial charge in [0.1, 0.15) is 6.61 Å². The number of nitrogens with one attached hydrogen (secondary N) is 1. The summed E-state index contributed by atoms with van der Waals surface area (Å²) in [6.45, 7) is 1.37. The largest absolute Gasteiger partial charge is 0.475 e. The Morgan fingerprint density at radius 2 is 2.12 bits per heavy atom. The van der Waals surface area contributed by atoms with E-state index in [4.69, 9.17) is 15.2 Å². The summed E-state index contributed by atoms with van der Waals surface area (Å²) in [5, 5.41) is 3.16. The number of benzene rings is 1. The molecule has 1 aromatic carbocycles. The minimum absolute atomic E-state index is 0.379. The van der Waals surface area contributed by atoms with Crippen molar-refractivity contribution in [2.45, 2.75) is 25.8 Å². The van der Waals surface area contributed by atoms with Crippen molar-refractivity contribution >= 4 is 11.6 Å². The molecule has 6 nitrogen and oxygen atoms in total. The van der Waals surface area contributed by atoms with Crippen molar-refractivity contribution in [2.75, 3.05) is 25.6 Å². The smallest absolute Gasteiger partial charge is 0.218 e. The van der Waals surface area contributed by atoms with E-state index in [0.29, 0.717) is 31.6 Å². The van der Waals surface area contributed by atoms with Gasteiger partial charge in [-0.15, -0.1) is 0 Å². The molecule has 0 aliphatic heterocycles. The minimum Gasteiger partial charge on any atom is -0.475 e. The number of hydrogen-bond acceptors (Lipinski definition) is 4. The Labute approximate surface area is 148 Å². The van der Waals surface area contributed by atoms with Gasteiger partial charge in [-0.1, -0.05) is 12.1 Å². The standard InChI is InChI=1S/C19H24N4O2/c1-24-10-11-25-18-16(6-3-9-21-18)13-22-19(20)23-17-8-7-14-4-2-5-15(14)12-17/h3,6-9,12H,2,4-5,10-11,13H2,1H3,(H3,20,22,23). The molecule has 3 rings (SSSR count). The lowest BCUT2D eigenvalue weighted by atomic mass is 10.1. The Hall–Kier alpha value is -2.60. The van der Waals surface area contributed by atoms with Crippen LogP contribution < -0.4 is 15.8 Å². The van der Waals surface area contributed by atoms with Crippen molar-refractivity contribution in [2.24, 2.45) is 10.7 Å². The van der Waals surface area contributed by atoms with E-state index >= 15 is 0 Å². The van der Waals surface area contributed by atoms with Gasteiger partial charge in [-0.25, -0.2) is 9.98 Å². The number of rotatable bonds is 7. The predicted octanol–water partition coefficient (Wildman–Crippen LogP) is 2.52. The molecule has 132 valence electrons. The molecule has 1 aliphatic rings. The molecule has 1 aliphatic carbocycles. The average Bonchev–Trinajstić information content (AvgIpc) is 3.09. The van der Waals surface area contributed by atoms with Crippen molar-refractivity contribution in [3.05, 3.63) is 53.2 Å². The minimum atomic E-state index is 0.379. The molecule has 0 saturated carbocycles. The van der Waals surface area contributed by atoms with E-state index in [-0.39, 0.29) is 0 Å². The number of pyridine rings is 1. The normalized spacial score (nSPS) is 13.6. The van der Waals surface area contributed by atoms with Crippen LogP contribution in [0.25, 0.3) is 0 Å². The van der Waals surface area contributed by atoms with E-state index in [1.54, 1.807) is 13.3 Å².